The summed E-state index contributed by atoms with van der Waals surface area (Å²) < 4.78 is 42.4. The average molecular weight is 461 g/mol. The monoisotopic (exact) mass is 461 g/mol. The fourth-order valence-corrected chi connectivity index (χ4v) is 3.38. The zero-order valence-electron chi connectivity index (χ0n) is 17.9. The minimum Gasteiger partial charge on any atom is -0.379 e. The van der Waals surface area contributed by atoms with Crippen LogP contribution in [0.25, 0.3) is 5.69 Å². The van der Waals surface area contributed by atoms with Crippen molar-refractivity contribution in [2.75, 3.05) is 11.9 Å². The third-order valence-corrected chi connectivity index (χ3v) is 4.90. The maximum Gasteiger partial charge on any atom is 0.416 e. The largest absolute Gasteiger partial charge is 0.416 e. The fraction of sp³-hybridized carbons (Fsp3) is 0.273. The van der Waals surface area contributed by atoms with E-state index in [2.05, 4.69) is 15.7 Å². The van der Waals surface area contributed by atoms with E-state index in [0.29, 0.717) is 11.4 Å². The van der Waals surface area contributed by atoms with Gasteiger partial charge in [0.05, 0.1) is 21.9 Å². The van der Waals surface area contributed by atoms with Gasteiger partial charge in [-0.15, -0.1) is 0 Å². The second kappa shape index (κ2) is 9.72. The number of rotatable bonds is 8. The summed E-state index contributed by atoms with van der Waals surface area (Å²) >= 11 is 0. The zero-order chi connectivity index (χ0) is 24.2. The minimum absolute atomic E-state index is 0.0722. The van der Waals surface area contributed by atoms with Gasteiger partial charge in [-0.3, -0.25) is 14.9 Å². The van der Waals surface area contributed by atoms with Crippen LogP contribution < -0.4 is 10.6 Å². The number of nitrogens with zero attached hydrogens (tertiary/aromatic N) is 3. The SMILES string of the molecule is Cc1cc(C)n(-c2ccc(CNC(=O)CCNc3ccccc3[N+](=O)[O-])c(C(F)(F)F)c2)n1. The molecule has 1 aromatic heterocycles. The maximum atomic E-state index is 13.7. The molecule has 8 nitrogen and oxygen atoms in total. The van der Waals surface area contributed by atoms with Gasteiger partial charge in [0.15, 0.2) is 0 Å². The second-order valence-electron chi connectivity index (χ2n) is 7.41. The number of amides is 1. The van der Waals surface area contributed by atoms with Crippen LogP contribution in [0.4, 0.5) is 24.5 Å². The smallest absolute Gasteiger partial charge is 0.379 e. The third kappa shape index (κ3) is 5.88. The Balaban J connectivity index is 1.65. The number of aryl methyl sites for hydroxylation is 2. The Hall–Kier alpha value is -3.89. The lowest BCUT2D eigenvalue weighted by atomic mass is 10.1. The molecular formula is C22H22F3N5O3. The molecule has 2 aromatic carbocycles. The van der Waals surface area contributed by atoms with Crippen LogP contribution in [0, 0.1) is 24.0 Å². The number of nitro benzene ring substituents is 1. The highest BCUT2D eigenvalue weighted by molar-refractivity contribution is 5.76. The molecule has 0 unspecified atom stereocenters. The lowest BCUT2D eigenvalue weighted by Crippen LogP contribution is -2.26. The van der Waals surface area contributed by atoms with E-state index in [1.165, 1.54) is 35.0 Å². The molecule has 0 aliphatic carbocycles. The standard InChI is InChI=1S/C22H22F3N5O3/c1-14-11-15(2)29(28-14)17-8-7-16(18(12-17)22(23,24)25)13-27-21(31)9-10-26-19-5-3-4-6-20(19)30(32)33/h3-8,11-12,26H,9-10,13H2,1-2H3,(H,27,31). The molecule has 0 radical (unpaired) electrons. The van der Waals surface area contributed by atoms with Gasteiger partial charge in [0.1, 0.15) is 5.69 Å². The van der Waals surface area contributed by atoms with Crippen LogP contribution in [-0.4, -0.2) is 27.2 Å². The Morgan fingerprint density at radius 2 is 1.88 bits per heavy atom. The minimum atomic E-state index is -4.61. The Kier molecular flexibility index (Phi) is 7.00. The Morgan fingerprint density at radius 3 is 2.52 bits per heavy atom. The van der Waals surface area contributed by atoms with E-state index in [1.54, 1.807) is 26.0 Å². The fourth-order valence-electron chi connectivity index (χ4n) is 3.38. The number of anilines is 1. The highest BCUT2D eigenvalue weighted by Gasteiger charge is 2.34. The maximum absolute atomic E-state index is 13.7. The molecule has 0 saturated heterocycles. The number of nitro groups is 1. The number of aromatic nitrogens is 2. The van der Waals surface area contributed by atoms with Crippen molar-refractivity contribution in [1.29, 1.82) is 0 Å². The van der Waals surface area contributed by atoms with Crippen molar-refractivity contribution in [3.05, 3.63) is 81.2 Å². The molecule has 0 saturated carbocycles. The Labute approximate surface area is 187 Å². The normalized spacial score (nSPS) is 11.3. The molecule has 0 aliphatic heterocycles. The quantitative estimate of drug-likeness (QED) is 0.379. The van der Waals surface area contributed by atoms with E-state index in [4.69, 9.17) is 0 Å². The van der Waals surface area contributed by atoms with Gasteiger partial charge in [-0.25, -0.2) is 4.68 Å². The van der Waals surface area contributed by atoms with Crippen molar-refractivity contribution in [3.8, 4) is 5.69 Å². The first-order valence-corrected chi connectivity index (χ1v) is 10.0. The highest BCUT2D eigenvalue weighted by Crippen LogP contribution is 2.33. The van der Waals surface area contributed by atoms with Crippen molar-refractivity contribution in [2.24, 2.45) is 0 Å². The summed E-state index contributed by atoms with van der Waals surface area (Å²) in [5, 5.41) is 20.5. The molecule has 174 valence electrons. The summed E-state index contributed by atoms with van der Waals surface area (Å²) in [6.45, 7) is 3.28. The number of alkyl halides is 3. The van der Waals surface area contributed by atoms with E-state index in [0.717, 1.165) is 6.07 Å². The van der Waals surface area contributed by atoms with Crippen LogP contribution >= 0.6 is 0 Å². The van der Waals surface area contributed by atoms with Gasteiger partial charge in [-0.05, 0) is 43.7 Å². The van der Waals surface area contributed by atoms with E-state index < -0.39 is 22.6 Å². The summed E-state index contributed by atoms with van der Waals surface area (Å²) in [4.78, 5) is 22.6. The van der Waals surface area contributed by atoms with E-state index in [9.17, 15) is 28.1 Å². The number of carbonyl (C=O) groups is 1. The van der Waals surface area contributed by atoms with Crippen molar-refractivity contribution in [1.82, 2.24) is 15.1 Å². The molecule has 2 N–H and O–H groups in total. The summed E-state index contributed by atoms with van der Waals surface area (Å²) in [5.41, 5.74) is 0.861. The van der Waals surface area contributed by atoms with Crippen molar-refractivity contribution < 1.29 is 22.9 Å². The van der Waals surface area contributed by atoms with Gasteiger partial charge in [0.2, 0.25) is 5.91 Å². The molecular weight excluding hydrogens is 439 g/mol. The molecule has 1 amide bonds. The van der Waals surface area contributed by atoms with E-state index in [-0.39, 0.29) is 42.1 Å². The van der Waals surface area contributed by atoms with Crippen LogP contribution in [0.1, 0.15) is 28.9 Å². The molecule has 1 heterocycles. The lowest BCUT2D eigenvalue weighted by Gasteiger charge is -2.16. The van der Waals surface area contributed by atoms with Crippen molar-refractivity contribution >= 4 is 17.3 Å². The summed E-state index contributed by atoms with van der Waals surface area (Å²) in [6, 6.07) is 11.6. The highest BCUT2D eigenvalue weighted by atomic mass is 19.4. The third-order valence-electron chi connectivity index (χ3n) is 4.90. The summed E-state index contributed by atoms with van der Waals surface area (Å²) in [7, 11) is 0. The number of carbonyl (C=O) groups excluding carboxylic acids is 1. The Morgan fingerprint density at radius 1 is 1.15 bits per heavy atom. The molecule has 0 bridgehead atoms. The van der Waals surface area contributed by atoms with Gasteiger partial charge in [-0.1, -0.05) is 18.2 Å². The number of nitrogens with one attached hydrogen (secondary N) is 2. The number of benzene rings is 2. The van der Waals surface area contributed by atoms with Crippen molar-refractivity contribution in [2.45, 2.75) is 33.0 Å². The van der Waals surface area contributed by atoms with Gasteiger partial charge < -0.3 is 10.6 Å². The van der Waals surface area contributed by atoms with Crippen LogP contribution in [0.15, 0.2) is 48.5 Å². The van der Waals surface area contributed by atoms with Gasteiger partial charge in [-0.2, -0.15) is 18.3 Å². The molecule has 3 rings (SSSR count). The zero-order valence-corrected chi connectivity index (χ0v) is 17.9. The summed E-state index contributed by atoms with van der Waals surface area (Å²) in [6.07, 6.45) is -4.68. The molecule has 0 aliphatic rings. The summed E-state index contributed by atoms with van der Waals surface area (Å²) in [5.74, 6) is -0.489. The van der Waals surface area contributed by atoms with Crippen molar-refractivity contribution in [3.63, 3.8) is 0 Å². The predicted octanol–water partition coefficient (Wildman–Crippen LogP) is 4.53. The number of hydrogen-bond donors (Lipinski definition) is 2. The number of hydrogen-bond acceptors (Lipinski definition) is 5. The predicted molar refractivity (Wildman–Crippen MR) is 116 cm³/mol. The molecule has 0 spiro atoms. The van der Waals surface area contributed by atoms with Gasteiger partial charge >= 0.3 is 6.18 Å². The molecule has 0 atom stereocenters. The first-order valence-electron chi connectivity index (χ1n) is 10.0. The number of halogens is 3. The van der Waals surface area contributed by atoms with Crippen LogP contribution in [-0.2, 0) is 17.5 Å². The van der Waals surface area contributed by atoms with Gasteiger partial charge in [0.25, 0.3) is 5.69 Å². The van der Waals surface area contributed by atoms with Gasteiger partial charge in [0, 0.05) is 31.3 Å². The molecule has 11 heteroatoms. The topological polar surface area (TPSA) is 102 Å². The van der Waals surface area contributed by atoms with Crippen LogP contribution in [0.2, 0.25) is 0 Å². The second-order valence-corrected chi connectivity index (χ2v) is 7.41. The van der Waals surface area contributed by atoms with Crippen LogP contribution in [0.3, 0.4) is 0 Å². The molecule has 3 aromatic rings. The lowest BCUT2D eigenvalue weighted by molar-refractivity contribution is -0.384. The number of para-hydroxylation sites is 2. The molecule has 33 heavy (non-hydrogen) atoms. The average Bonchev–Trinajstić information content (AvgIpc) is 3.09. The Bertz CT molecular complexity index is 1170. The molecule has 0 fully saturated rings. The van der Waals surface area contributed by atoms with E-state index >= 15 is 0 Å². The first-order chi connectivity index (χ1) is 15.6. The van der Waals surface area contributed by atoms with E-state index in [1.807, 2.05) is 0 Å². The first kappa shape index (κ1) is 23.8. The van der Waals surface area contributed by atoms with Crippen LogP contribution in [0.5, 0.6) is 0 Å².